The van der Waals surface area contributed by atoms with E-state index in [-0.39, 0.29) is 11.8 Å². The maximum Gasteiger partial charge on any atom is 0.329 e. The van der Waals surface area contributed by atoms with E-state index in [0.29, 0.717) is 5.56 Å². The van der Waals surface area contributed by atoms with E-state index in [2.05, 4.69) is 5.32 Å². The number of hydrogen-bond acceptors (Lipinski definition) is 3. The van der Waals surface area contributed by atoms with E-state index < -0.39 is 12.0 Å². The molecule has 0 radical (unpaired) electrons. The third-order valence-electron chi connectivity index (χ3n) is 4.99. The number of amides is 1. The fourth-order valence-electron chi connectivity index (χ4n) is 3.77. The zero-order chi connectivity index (χ0) is 18.8. The molecule has 0 spiro atoms. The van der Waals surface area contributed by atoms with Crippen LogP contribution in [0.5, 0.6) is 0 Å². The topological polar surface area (TPSA) is 55.4 Å². The van der Waals surface area contributed by atoms with Gasteiger partial charge >= 0.3 is 5.97 Å². The van der Waals surface area contributed by atoms with E-state index >= 15 is 0 Å². The highest BCUT2D eigenvalue weighted by molar-refractivity contribution is 5.97. The number of carbonyl (C=O) groups is 2. The first kappa shape index (κ1) is 17.0. The van der Waals surface area contributed by atoms with Crippen molar-refractivity contribution in [2.75, 3.05) is 7.11 Å². The van der Waals surface area contributed by atoms with Crippen LogP contribution in [0.2, 0.25) is 0 Å². The van der Waals surface area contributed by atoms with Crippen LogP contribution in [0.1, 0.15) is 27.4 Å². The third kappa shape index (κ3) is 2.99. The number of esters is 1. The number of ether oxygens (including phenoxy) is 1. The molecule has 0 bridgehead atoms. The number of methoxy groups -OCH3 is 1. The van der Waals surface area contributed by atoms with Gasteiger partial charge in [-0.25, -0.2) is 4.79 Å². The van der Waals surface area contributed by atoms with Crippen molar-refractivity contribution in [1.29, 1.82) is 0 Å². The van der Waals surface area contributed by atoms with Crippen LogP contribution < -0.4 is 5.32 Å². The first-order valence-electron chi connectivity index (χ1n) is 8.82. The molecule has 3 aromatic rings. The van der Waals surface area contributed by atoms with Gasteiger partial charge in [0.25, 0.3) is 5.91 Å². The summed E-state index contributed by atoms with van der Waals surface area (Å²) < 4.78 is 5.04. The number of nitrogens with one attached hydrogen (secondary N) is 1. The van der Waals surface area contributed by atoms with Crippen LogP contribution in [0.25, 0.3) is 11.1 Å². The van der Waals surface area contributed by atoms with Gasteiger partial charge < -0.3 is 10.1 Å². The molecule has 0 saturated heterocycles. The van der Waals surface area contributed by atoms with Gasteiger partial charge in [-0.15, -0.1) is 0 Å². The summed E-state index contributed by atoms with van der Waals surface area (Å²) in [7, 11) is 1.34. The van der Waals surface area contributed by atoms with Gasteiger partial charge in [-0.05, 0) is 34.4 Å². The number of fused-ring (bicyclic) bond motifs is 3. The average molecular weight is 357 g/mol. The van der Waals surface area contributed by atoms with Crippen molar-refractivity contribution in [1.82, 2.24) is 5.32 Å². The third-order valence-corrected chi connectivity index (χ3v) is 4.99. The molecule has 1 aliphatic rings. The van der Waals surface area contributed by atoms with Crippen molar-refractivity contribution in [3.05, 3.63) is 95.6 Å². The molecule has 0 fully saturated rings. The normalized spacial score (nSPS) is 13.4. The molecule has 0 aromatic heterocycles. The Morgan fingerprint density at radius 2 is 1.33 bits per heavy atom. The largest absolute Gasteiger partial charge is 0.467 e. The summed E-state index contributed by atoms with van der Waals surface area (Å²) in [6, 6.07) is 24.0. The van der Waals surface area contributed by atoms with Crippen molar-refractivity contribution in [3.8, 4) is 11.1 Å². The summed E-state index contributed by atoms with van der Waals surface area (Å²) in [5.41, 5.74) is 4.71. The molecule has 1 amide bonds. The van der Waals surface area contributed by atoms with E-state index in [1.54, 1.807) is 24.3 Å². The smallest absolute Gasteiger partial charge is 0.329 e. The molecule has 0 heterocycles. The second kappa shape index (κ2) is 7.08. The SMILES string of the molecule is COC(=O)[C@@H](NC(=O)c1ccccc1)C1c2ccccc2-c2ccccc21. The maximum atomic E-state index is 12.7. The minimum absolute atomic E-state index is 0.294. The Labute approximate surface area is 157 Å². The van der Waals surface area contributed by atoms with Crippen LogP contribution in [0.15, 0.2) is 78.9 Å². The Morgan fingerprint density at radius 1 is 0.815 bits per heavy atom. The van der Waals surface area contributed by atoms with Gasteiger partial charge in [0.2, 0.25) is 0 Å². The van der Waals surface area contributed by atoms with E-state index in [9.17, 15) is 9.59 Å². The standard InChI is InChI=1S/C23H19NO3/c1-27-23(26)21(24-22(25)15-9-3-2-4-10-15)20-18-13-7-5-11-16(18)17-12-6-8-14-19(17)20/h2-14,20-21H,1H3,(H,24,25)/t21-/m0/s1. The molecule has 0 unspecified atom stereocenters. The molecule has 27 heavy (non-hydrogen) atoms. The second-order valence-electron chi connectivity index (χ2n) is 6.49. The second-order valence-corrected chi connectivity index (χ2v) is 6.49. The highest BCUT2D eigenvalue weighted by Crippen LogP contribution is 2.46. The Kier molecular flexibility index (Phi) is 4.47. The van der Waals surface area contributed by atoms with Crippen molar-refractivity contribution in [2.45, 2.75) is 12.0 Å². The van der Waals surface area contributed by atoms with Gasteiger partial charge in [0.05, 0.1) is 7.11 Å². The number of benzene rings is 3. The quantitative estimate of drug-likeness (QED) is 0.723. The van der Waals surface area contributed by atoms with Crippen molar-refractivity contribution >= 4 is 11.9 Å². The van der Waals surface area contributed by atoms with Gasteiger partial charge in [0.1, 0.15) is 6.04 Å². The Morgan fingerprint density at radius 3 is 1.89 bits per heavy atom. The predicted molar refractivity (Wildman–Crippen MR) is 103 cm³/mol. The van der Waals surface area contributed by atoms with E-state index in [0.717, 1.165) is 22.3 Å². The van der Waals surface area contributed by atoms with E-state index in [1.165, 1.54) is 7.11 Å². The molecule has 4 heteroatoms. The number of rotatable bonds is 4. The lowest BCUT2D eigenvalue weighted by molar-refractivity contribution is -0.143. The Balaban J connectivity index is 1.77. The van der Waals surface area contributed by atoms with E-state index in [1.807, 2.05) is 54.6 Å². The first-order valence-corrected chi connectivity index (χ1v) is 8.82. The predicted octanol–water partition coefficient (Wildman–Crippen LogP) is 3.77. The molecule has 0 aliphatic heterocycles. The summed E-state index contributed by atoms with van der Waals surface area (Å²) in [6.45, 7) is 0. The molecule has 1 atom stereocenters. The monoisotopic (exact) mass is 357 g/mol. The van der Waals surface area contributed by atoms with Crippen molar-refractivity contribution in [2.24, 2.45) is 0 Å². The molecular weight excluding hydrogens is 338 g/mol. The molecule has 4 rings (SSSR count). The molecular formula is C23H19NO3. The van der Waals surface area contributed by atoms with Gasteiger partial charge in [0, 0.05) is 11.5 Å². The molecule has 4 nitrogen and oxygen atoms in total. The Bertz CT molecular complexity index is 952. The van der Waals surface area contributed by atoms with Crippen molar-refractivity contribution < 1.29 is 14.3 Å². The summed E-state index contributed by atoms with van der Waals surface area (Å²) in [6.07, 6.45) is 0. The van der Waals surface area contributed by atoms with Gasteiger partial charge in [-0.2, -0.15) is 0 Å². The lowest BCUT2D eigenvalue weighted by Crippen LogP contribution is -2.45. The molecule has 0 saturated carbocycles. The zero-order valence-corrected chi connectivity index (χ0v) is 14.9. The number of hydrogen-bond donors (Lipinski definition) is 1. The van der Waals surface area contributed by atoms with Crippen LogP contribution in [-0.4, -0.2) is 25.0 Å². The van der Waals surface area contributed by atoms with Gasteiger partial charge in [0.15, 0.2) is 0 Å². The molecule has 1 aliphatic carbocycles. The first-order chi connectivity index (χ1) is 13.2. The molecule has 134 valence electrons. The summed E-state index contributed by atoms with van der Waals surface area (Å²) in [5, 5.41) is 2.89. The summed E-state index contributed by atoms with van der Waals surface area (Å²) in [4.78, 5) is 25.4. The average Bonchev–Trinajstić information content (AvgIpc) is 3.06. The number of carbonyl (C=O) groups excluding carboxylic acids is 2. The van der Waals surface area contributed by atoms with Crippen LogP contribution in [-0.2, 0) is 9.53 Å². The summed E-state index contributed by atoms with van der Waals surface area (Å²) in [5.74, 6) is -1.05. The summed E-state index contributed by atoms with van der Waals surface area (Å²) >= 11 is 0. The fraction of sp³-hybridized carbons (Fsp3) is 0.130. The highest BCUT2D eigenvalue weighted by Gasteiger charge is 2.39. The lowest BCUT2D eigenvalue weighted by atomic mass is 9.89. The highest BCUT2D eigenvalue weighted by atomic mass is 16.5. The maximum absolute atomic E-state index is 12.7. The van der Waals surface area contributed by atoms with Crippen molar-refractivity contribution in [3.63, 3.8) is 0 Å². The van der Waals surface area contributed by atoms with E-state index in [4.69, 9.17) is 4.74 Å². The Hall–Kier alpha value is -3.40. The van der Waals surface area contributed by atoms with Crippen LogP contribution in [0, 0.1) is 0 Å². The van der Waals surface area contributed by atoms with Gasteiger partial charge in [-0.3, -0.25) is 4.79 Å². The molecule has 1 N–H and O–H groups in total. The van der Waals surface area contributed by atoms with Crippen LogP contribution in [0.4, 0.5) is 0 Å². The van der Waals surface area contributed by atoms with Gasteiger partial charge in [-0.1, -0.05) is 66.7 Å². The van der Waals surface area contributed by atoms with Crippen LogP contribution in [0.3, 0.4) is 0 Å². The lowest BCUT2D eigenvalue weighted by Gasteiger charge is -2.24. The zero-order valence-electron chi connectivity index (χ0n) is 14.9. The van der Waals surface area contributed by atoms with Crippen LogP contribution >= 0.6 is 0 Å². The minimum atomic E-state index is -0.812. The minimum Gasteiger partial charge on any atom is -0.467 e. The molecule has 3 aromatic carbocycles. The fourth-order valence-corrected chi connectivity index (χ4v) is 3.77.